The SMILES string of the molecule is C=C(C)CNCc1cncn1C. The minimum Gasteiger partial charge on any atom is -0.337 e. The van der Waals surface area contributed by atoms with Gasteiger partial charge >= 0.3 is 0 Å². The number of aryl methyl sites for hydroxylation is 1. The number of nitrogens with zero attached hydrogens (tertiary/aromatic N) is 2. The number of nitrogens with one attached hydrogen (secondary N) is 1. The van der Waals surface area contributed by atoms with Crippen LogP contribution in [0, 0.1) is 0 Å². The third kappa shape index (κ3) is 2.51. The monoisotopic (exact) mass is 165 g/mol. The van der Waals surface area contributed by atoms with Gasteiger partial charge in [0.1, 0.15) is 0 Å². The molecule has 3 heteroatoms. The summed E-state index contributed by atoms with van der Waals surface area (Å²) in [6.45, 7) is 7.54. The van der Waals surface area contributed by atoms with Crippen LogP contribution < -0.4 is 5.32 Å². The van der Waals surface area contributed by atoms with Crippen molar-refractivity contribution in [1.29, 1.82) is 0 Å². The molecule has 1 aromatic heterocycles. The molecular formula is C9H15N3. The second kappa shape index (κ2) is 4.07. The van der Waals surface area contributed by atoms with Gasteiger partial charge in [0.05, 0.1) is 12.0 Å². The Morgan fingerprint density at radius 3 is 3.00 bits per heavy atom. The van der Waals surface area contributed by atoms with Gasteiger partial charge in [-0.2, -0.15) is 0 Å². The zero-order valence-corrected chi connectivity index (χ0v) is 7.67. The van der Waals surface area contributed by atoms with Gasteiger partial charge in [-0.3, -0.25) is 0 Å². The number of imidazole rings is 1. The van der Waals surface area contributed by atoms with Crippen LogP contribution in [0.4, 0.5) is 0 Å². The summed E-state index contributed by atoms with van der Waals surface area (Å²) >= 11 is 0. The number of aromatic nitrogens is 2. The second-order valence-electron chi connectivity index (χ2n) is 3.06. The summed E-state index contributed by atoms with van der Waals surface area (Å²) in [5.41, 5.74) is 2.34. The lowest BCUT2D eigenvalue weighted by Crippen LogP contribution is -2.16. The molecule has 0 radical (unpaired) electrons. The van der Waals surface area contributed by atoms with Crippen molar-refractivity contribution in [2.24, 2.45) is 7.05 Å². The normalized spacial score (nSPS) is 10.2. The molecule has 0 aliphatic carbocycles. The molecule has 3 nitrogen and oxygen atoms in total. The predicted molar refractivity (Wildman–Crippen MR) is 49.7 cm³/mol. The van der Waals surface area contributed by atoms with E-state index in [1.807, 2.05) is 24.7 Å². The van der Waals surface area contributed by atoms with Gasteiger partial charge in [-0.1, -0.05) is 12.2 Å². The first kappa shape index (κ1) is 9.00. The van der Waals surface area contributed by atoms with Gasteiger partial charge in [0.25, 0.3) is 0 Å². The predicted octanol–water partition coefficient (Wildman–Crippen LogP) is 1.09. The lowest BCUT2D eigenvalue weighted by Gasteiger charge is -2.03. The Morgan fingerprint density at radius 1 is 1.75 bits per heavy atom. The first-order valence-electron chi connectivity index (χ1n) is 4.00. The Morgan fingerprint density at radius 2 is 2.50 bits per heavy atom. The smallest absolute Gasteiger partial charge is 0.0945 e. The van der Waals surface area contributed by atoms with E-state index in [1.165, 1.54) is 5.69 Å². The van der Waals surface area contributed by atoms with Crippen LogP contribution in [0.2, 0.25) is 0 Å². The molecule has 0 saturated heterocycles. The highest BCUT2D eigenvalue weighted by Gasteiger charge is 1.95. The molecule has 0 saturated carbocycles. The highest BCUT2D eigenvalue weighted by Crippen LogP contribution is 1.95. The summed E-state index contributed by atoms with van der Waals surface area (Å²) in [5, 5.41) is 3.27. The fourth-order valence-electron chi connectivity index (χ4n) is 0.959. The average molecular weight is 165 g/mol. The highest BCUT2D eigenvalue weighted by molar-refractivity contribution is 4.98. The summed E-state index contributed by atoms with van der Waals surface area (Å²) in [5.74, 6) is 0. The molecule has 0 unspecified atom stereocenters. The van der Waals surface area contributed by atoms with Crippen molar-refractivity contribution >= 4 is 0 Å². The third-order valence-electron chi connectivity index (χ3n) is 1.65. The molecular weight excluding hydrogens is 150 g/mol. The largest absolute Gasteiger partial charge is 0.337 e. The third-order valence-corrected chi connectivity index (χ3v) is 1.65. The van der Waals surface area contributed by atoms with Gasteiger partial charge in [0.2, 0.25) is 0 Å². The van der Waals surface area contributed by atoms with Crippen molar-refractivity contribution in [3.8, 4) is 0 Å². The van der Waals surface area contributed by atoms with Gasteiger partial charge in [-0.05, 0) is 6.92 Å². The molecule has 0 aliphatic heterocycles. The number of rotatable bonds is 4. The summed E-state index contributed by atoms with van der Waals surface area (Å²) in [4.78, 5) is 4.02. The molecule has 0 aliphatic rings. The first-order chi connectivity index (χ1) is 5.70. The van der Waals surface area contributed by atoms with Crippen molar-refractivity contribution in [1.82, 2.24) is 14.9 Å². The minimum absolute atomic E-state index is 0.851. The minimum atomic E-state index is 0.851. The zero-order valence-electron chi connectivity index (χ0n) is 7.67. The maximum Gasteiger partial charge on any atom is 0.0945 e. The van der Waals surface area contributed by atoms with E-state index in [-0.39, 0.29) is 0 Å². The lowest BCUT2D eigenvalue weighted by atomic mass is 10.3. The van der Waals surface area contributed by atoms with E-state index in [0.717, 1.165) is 18.7 Å². The van der Waals surface area contributed by atoms with Crippen molar-refractivity contribution in [3.63, 3.8) is 0 Å². The van der Waals surface area contributed by atoms with Crippen LogP contribution in [0.1, 0.15) is 12.6 Å². The van der Waals surface area contributed by atoms with Crippen LogP contribution in [-0.4, -0.2) is 16.1 Å². The Bertz CT molecular complexity index is 262. The topological polar surface area (TPSA) is 29.9 Å². The van der Waals surface area contributed by atoms with Gasteiger partial charge in [0, 0.05) is 26.3 Å². The van der Waals surface area contributed by atoms with Crippen LogP contribution in [0.5, 0.6) is 0 Å². The Labute approximate surface area is 73.1 Å². The molecule has 0 fully saturated rings. The van der Waals surface area contributed by atoms with Gasteiger partial charge in [-0.25, -0.2) is 4.98 Å². The van der Waals surface area contributed by atoms with E-state index in [4.69, 9.17) is 0 Å². The summed E-state index contributed by atoms with van der Waals surface area (Å²) in [6.07, 6.45) is 3.67. The van der Waals surface area contributed by atoms with Gasteiger partial charge in [0.15, 0.2) is 0 Å². The van der Waals surface area contributed by atoms with E-state index in [9.17, 15) is 0 Å². The van der Waals surface area contributed by atoms with Crippen molar-refractivity contribution < 1.29 is 0 Å². The molecule has 1 heterocycles. The molecule has 0 aromatic carbocycles. The molecule has 0 atom stereocenters. The zero-order chi connectivity index (χ0) is 8.97. The van der Waals surface area contributed by atoms with E-state index >= 15 is 0 Å². The molecule has 0 amide bonds. The summed E-state index contributed by atoms with van der Waals surface area (Å²) in [6, 6.07) is 0. The molecule has 1 N–H and O–H groups in total. The van der Waals surface area contributed by atoms with Crippen LogP contribution >= 0.6 is 0 Å². The maximum absolute atomic E-state index is 4.02. The maximum atomic E-state index is 4.02. The molecule has 1 aromatic rings. The molecule has 12 heavy (non-hydrogen) atoms. The highest BCUT2D eigenvalue weighted by atomic mass is 15.0. The molecule has 66 valence electrons. The molecule has 0 bridgehead atoms. The summed E-state index contributed by atoms with van der Waals surface area (Å²) in [7, 11) is 1.99. The Kier molecular flexibility index (Phi) is 3.05. The fraction of sp³-hybridized carbons (Fsp3) is 0.444. The van der Waals surface area contributed by atoms with Crippen molar-refractivity contribution in [2.75, 3.05) is 6.54 Å². The second-order valence-corrected chi connectivity index (χ2v) is 3.06. The van der Waals surface area contributed by atoms with Crippen LogP contribution in [-0.2, 0) is 13.6 Å². The van der Waals surface area contributed by atoms with Crippen LogP contribution in [0.15, 0.2) is 24.7 Å². The number of hydrogen-bond acceptors (Lipinski definition) is 2. The van der Waals surface area contributed by atoms with E-state index < -0.39 is 0 Å². The van der Waals surface area contributed by atoms with Gasteiger partial charge < -0.3 is 9.88 Å². The summed E-state index contributed by atoms with van der Waals surface area (Å²) < 4.78 is 2.01. The average Bonchev–Trinajstić information content (AvgIpc) is 2.36. The van der Waals surface area contributed by atoms with E-state index in [2.05, 4.69) is 16.9 Å². The van der Waals surface area contributed by atoms with Gasteiger partial charge in [-0.15, -0.1) is 0 Å². The van der Waals surface area contributed by atoms with Crippen molar-refractivity contribution in [2.45, 2.75) is 13.5 Å². The van der Waals surface area contributed by atoms with E-state index in [1.54, 1.807) is 6.33 Å². The number of hydrogen-bond donors (Lipinski definition) is 1. The lowest BCUT2D eigenvalue weighted by molar-refractivity contribution is 0.690. The quantitative estimate of drug-likeness (QED) is 0.677. The Balaban J connectivity index is 2.33. The molecule has 1 rings (SSSR count). The fourth-order valence-corrected chi connectivity index (χ4v) is 0.959. The van der Waals surface area contributed by atoms with Crippen LogP contribution in [0.3, 0.4) is 0 Å². The van der Waals surface area contributed by atoms with E-state index in [0.29, 0.717) is 0 Å². The Hall–Kier alpha value is -1.09. The van der Waals surface area contributed by atoms with Crippen molar-refractivity contribution in [3.05, 3.63) is 30.4 Å². The van der Waals surface area contributed by atoms with Crippen LogP contribution in [0.25, 0.3) is 0 Å². The first-order valence-corrected chi connectivity index (χ1v) is 4.00. The molecule has 0 spiro atoms. The standard InChI is InChI=1S/C9H15N3/c1-8(2)4-10-5-9-6-11-7-12(9)3/h6-7,10H,1,4-5H2,2-3H3.